The zero-order valence-electron chi connectivity index (χ0n) is 12.7. The minimum atomic E-state index is 0.00521. The lowest BCUT2D eigenvalue weighted by Crippen LogP contribution is -2.22. The van der Waals surface area contributed by atoms with Crippen LogP contribution in [0.5, 0.6) is 0 Å². The molecule has 1 aromatic heterocycles. The summed E-state index contributed by atoms with van der Waals surface area (Å²) < 4.78 is 1.80. The van der Waals surface area contributed by atoms with Gasteiger partial charge in [0.2, 0.25) is 0 Å². The molecule has 3 aromatic rings. The van der Waals surface area contributed by atoms with E-state index in [0.717, 1.165) is 23.4 Å². The zero-order chi connectivity index (χ0) is 16.0. The molecule has 0 radical (unpaired) electrons. The van der Waals surface area contributed by atoms with Crippen LogP contribution in [-0.2, 0) is 0 Å². The second kappa shape index (κ2) is 5.36. The number of fused-ring (bicyclic) bond motifs is 2. The minimum Gasteiger partial charge on any atom is -0.289 e. The van der Waals surface area contributed by atoms with Gasteiger partial charge < -0.3 is 0 Å². The molecule has 1 aliphatic heterocycles. The highest BCUT2D eigenvalue weighted by molar-refractivity contribution is 6.31. The maximum Gasteiger partial charge on any atom is 0.261 e. The van der Waals surface area contributed by atoms with Crippen LogP contribution in [0.3, 0.4) is 0 Å². The van der Waals surface area contributed by atoms with Gasteiger partial charge in [0.1, 0.15) is 5.82 Å². The third kappa shape index (κ3) is 2.37. The Balaban J connectivity index is 1.97. The van der Waals surface area contributed by atoms with Gasteiger partial charge in [-0.3, -0.25) is 9.36 Å². The topological polar surface area (TPSA) is 34.9 Å². The van der Waals surface area contributed by atoms with Crippen LogP contribution < -0.4 is 5.56 Å². The molecule has 23 heavy (non-hydrogen) atoms. The Kier molecular flexibility index (Phi) is 3.31. The summed E-state index contributed by atoms with van der Waals surface area (Å²) >= 11 is 6.05. The van der Waals surface area contributed by atoms with Gasteiger partial charge in [-0.25, -0.2) is 4.98 Å². The third-order valence-corrected chi connectivity index (χ3v) is 4.48. The second-order valence-corrected chi connectivity index (χ2v) is 6.34. The first-order chi connectivity index (χ1) is 11.1. The van der Waals surface area contributed by atoms with Crippen LogP contribution in [0.25, 0.3) is 22.6 Å². The molecule has 1 atom stereocenters. The van der Waals surface area contributed by atoms with Crippen LogP contribution in [0.2, 0.25) is 5.02 Å². The average Bonchev–Trinajstić information content (AvgIpc) is 2.84. The van der Waals surface area contributed by atoms with E-state index in [1.165, 1.54) is 0 Å². The van der Waals surface area contributed by atoms with Crippen molar-refractivity contribution in [2.45, 2.75) is 19.4 Å². The normalized spacial score (nSPS) is 18.5. The largest absolute Gasteiger partial charge is 0.289 e. The highest BCUT2D eigenvalue weighted by Crippen LogP contribution is 2.34. The lowest BCUT2D eigenvalue weighted by atomic mass is 10.1. The molecule has 2 heterocycles. The number of hydrogen-bond donors (Lipinski definition) is 0. The van der Waals surface area contributed by atoms with E-state index in [9.17, 15) is 4.79 Å². The molecule has 1 aliphatic rings. The van der Waals surface area contributed by atoms with E-state index in [1.54, 1.807) is 22.8 Å². The summed E-state index contributed by atoms with van der Waals surface area (Å²) in [6.07, 6.45) is 2.92. The van der Waals surface area contributed by atoms with Gasteiger partial charge in [-0.2, -0.15) is 0 Å². The number of hydrogen-bond acceptors (Lipinski definition) is 2. The zero-order valence-corrected chi connectivity index (χ0v) is 13.4. The predicted octanol–water partition coefficient (Wildman–Crippen LogP) is 4.56. The van der Waals surface area contributed by atoms with E-state index in [4.69, 9.17) is 16.6 Å². The fourth-order valence-electron chi connectivity index (χ4n) is 3.18. The summed E-state index contributed by atoms with van der Waals surface area (Å²) in [6, 6.07) is 15.5. The highest BCUT2D eigenvalue weighted by atomic mass is 35.5. The second-order valence-electron chi connectivity index (χ2n) is 5.91. The monoisotopic (exact) mass is 322 g/mol. The molecular weight excluding hydrogens is 308 g/mol. The summed E-state index contributed by atoms with van der Waals surface area (Å²) in [5.74, 6) is 0.751. The first-order valence-corrected chi connectivity index (χ1v) is 7.99. The fourth-order valence-corrected chi connectivity index (χ4v) is 3.35. The molecule has 4 rings (SSSR count). The van der Waals surface area contributed by atoms with Crippen molar-refractivity contribution >= 4 is 34.2 Å². The van der Waals surface area contributed by atoms with Crippen LogP contribution in [-0.4, -0.2) is 9.55 Å². The van der Waals surface area contributed by atoms with E-state index in [1.807, 2.05) is 18.2 Å². The Bertz CT molecular complexity index is 989. The average molecular weight is 323 g/mol. The Hall–Kier alpha value is -2.39. The number of rotatable bonds is 1. The predicted molar refractivity (Wildman–Crippen MR) is 94.7 cm³/mol. The SMILES string of the molecule is CC1C/C(=C\c2ccccc2)c2nc3cc(Cl)ccc3c(=O)n21. The van der Waals surface area contributed by atoms with Gasteiger partial charge in [0, 0.05) is 11.1 Å². The number of benzene rings is 2. The van der Waals surface area contributed by atoms with Crippen LogP contribution in [0.4, 0.5) is 0 Å². The van der Waals surface area contributed by atoms with E-state index >= 15 is 0 Å². The van der Waals surface area contributed by atoms with Crippen molar-refractivity contribution in [3.05, 3.63) is 75.3 Å². The lowest BCUT2D eigenvalue weighted by Gasteiger charge is -2.09. The van der Waals surface area contributed by atoms with Gasteiger partial charge in [-0.1, -0.05) is 41.9 Å². The van der Waals surface area contributed by atoms with Crippen LogP contribution >= 0.6 is 11.6 Å². The summed E-state index contributed by atoms with van der Waals surface area (Å²) in [5, 5.41) is 1.21. The quantitative estimate of drug-likeness (QED) is 0.658. The molecule has 0 N–H and O–H groups in total. The molecule has 0 saturated heterocycles. The molecule has 0 bridgehead atoms. The van der Waals surface area contributed by atoms with Crippen LogP contribution in [0, 0.1) is 0 Å². The lowest BCUT2D eigenvalue weighted by molar-refractivity contribution is 0.574. The fraction of sp³-hybridized carbons (Fsp3) is 0.158. The molecule has 1 unspecified atom stereocenters. The molecule has 0 aliphatic carbocycles. The van der Waals surface area contributed by atoms with E-state index in [-0.39, 0.29) is 11.6 Å². The number of nitrogens with zero attached hydrogens (tertiary/aromatic N) is 2. The van der Waals surface area contributed by atoms with Crippen molar-refractivity contribution in [2.24, 2.45) is 0 Å². The van der Waals surface area contributed by atoms with E-state index in [0.29, 0.717) is 15.9 Å². The smallest absolute Gasteiger partial charge is 0.261 e. The van der Waals surface area contributed by atoms with Gasteiger partial charge in [0.15, 0.2) is 0 Å². The maximum absolute atomic E-state index is 12.8. The Morgan fingerprint density at radius 1 is 1.22 bits per heavy atom. The first kappa shape index (κ1) is 14.2. The number of aromatic nitrogens is 2. The van der Waals surface area contributed by atoms with Crippen LogP contribution in [0.1, 0.15) is 30.8 Å². The first-order valence-electron chi connectivity index (χ1n) is 7.61. The van der Waals surface area contributed by atoms with Gasteiger partial charge in [0.05, 0.1) is 10.9 Å². The Labute approximate surface area is 138 Å². The Morgan fingerprint density at radius 3 is 2.78 bits per heavy atom. The van der Waals surface area contributed by atoms with Crippen molar-refractivity contribution in [3.63, 3.8) is 0 Å². The molecule has 0 spiro atoms. The molecule has 114 valence electrons. The van der Waals surface area contributed by atoms with Crippen molar-refractivity contribution < 1.29 is 0 Å². The molecule has 0 saturated carbocycles. The number of allylic oxidation sites excluding steroid dienone is 1. The molecular formula is C19H15ClN2O. The van der Waals surface area contributed by atoms with Crippen molar-refractivity contribution in [1.82, 2.24) is 9.55 Å². The summed E-state index contributed by atoms with van der Waals surface area (Å²) in [7, 11) is 0. The highest BCUT2D eigenvalue weighted by Gasteiger charge is 2.26. The summed E-state index contributed by atoms with van der Waals surface area (Å²) in [4.78, 5) is 17.5. The third-order valence-electron chi connectivity index (χ3n) is 4.25. The van der Waals surface area contributed by atoms with E-state index < -0.39 is 0 Å². The van der Waals surface area contributed by atoms with Gasteiger partial charge in [-0.15, -0.1) is 0 Å². The molecule has 2 aromatic carbocycles. The molecule has 0 amide bonds. The van der Waals surface area contributed by atoms with Gasteiger partial charge in [0.25, 0.3) is 5.56 Å². The summed E-state index contributed by atoms with van der Waals surface area (Å²) in [5.41, 5.74) is 2.86. The number of halogens is 1. The summed E-state index contributed by atoms with van der Waals surface area (Å²) in [6.45, 7) is 2.06. The molecule has 3 nitrogen and oxygen atoms in total. The van der Waals surface area contributed by atoms with Gasteiger partial charge in [-0.05, 0) is 48.8 Å². The van der Waals surface area contributed by atoms with Crippen molar-refractivity contribution in [1.29, 1.82) is 0 Å². The van der Waals surface area contributed by atoms with Crippen molar-refractivity contribution in [2.75, 3.05) is 0 Å². The minimum absolute atomic E-state index is 0.00521. The van der Waals surface area contributed by atoms with E-state index in [2.05, 4.69) is 25.1 Å². The molecule has 0 fully saturated rings. The van der Waals surface area contributed by atoms with Crippen LogP contribution in [0.15, 0.2) is 53.3 Å². The van der Waals surface area contributed by atoms with Gasteiger partial charge >= 0.3 is 0 Å². The Morgan fingerprint density at radius 2 is 2.00 bits per heavy atom. The standard InChI is InChI=1S/C19H15ClN2O/c1-12-9-14(10-13-5-3-2-4-6-13)18-21-17-11-15(20)7-8-16(17)19(23)22(12)18/h2-8,10-12H,9H2,1H3/b14-10+. The molecule has 4 heteroatoms. The maximum atomic E-state index is 12.8. The van der Waals surface area contributed by atoms with Crippen molar-refractivity contribution in [3.8, 4) is 0 Å².